The van der Waals surface area contributed by atoms with Crippen molar-refractivity contribution < 1.29 is 14.4 Å². The van der Waals surface area contributed by atoms with Crippen LogP contribution in [0, 0.1) is 0 Å². The second-order valence-electron chi connectivity index (χ2n) is 8.82. The molecule has 4 rings (SSSR count). The van der Waals surface area contributed by atoms with Crippen molar-refractivity contribution in [2.24, 2.45) is 0 Å². The molecule has 0 aliphatic carbocycles. The van der Waals surface area contributed by atoms with E-state index < -0.39 is 6.04 Å². The van der Waals surface area contributed by atoms with Gasteiger partial charge in [-0.05, 0) is 48.9 Å². The Bertz CT molecular complexity index is 1250. The van der Waals surface area contributed by atoms with E-state index in [1.807, 2.05) is 61.5 Å². The normalized spacial score (nSPS) is 13.2. The summed E-state index contributed by atoms with van der Waals surface area (Å²) in [4.78, 5) is 42.4. The van der Waals surface area contributed by atoms with E-state index in [4.69, 9.17) is 11.6 Å². The molecule has 1 atom stereocenters. The number of hydrogen-bond acceptors (Lipinski definition) is 3. The van der Waals surface area contributed by atoms with Crippen LogP contribution in [-0.4, -0.2) is 41.8 Å². The van der Waals surface area contributed by atoms with Gasteiger partial charge in [0.2, 0.25) is 11.8 Å². The van der Waals surface area contributed by atoms with Gasteiger partial charge in [0.15, 0.2) is 0 Å². The van der Waals surface area contributed by atoms with Crippen LogP contribution < -0.4 is 10.2 Å². The third-order valence-corrected chi connectivity index (χ3v) is 6.81. The van der Waals surface area contributed by atoms with Gasteiger partial charge in [0.05, 0.1) is 5.69 Å². The standard InChI is InChI=1S/C28H30ClN3O3/c1-3-16-30-27(34)19(2)32(18-21-9-4-5-13-23(21)29)25(33)15-8-17-31-24-14-7-11-20-10-6-12-22(26(20)24)28(31)35/h4-7,9-14,19H,3,8,15-18H2,1-2H3,(H,30,34)/t19-/m0/s1. The van der Waals surface area contributed by atoms with Crippen LogP contribution >= 0.6 is 11.6 Å². The molecule has 0 spiro atoms. The average molecular weight is 492 g/mol. The molecule has 1 heterocycles. The Labute approximate surface area is 210 Å². The summed E-state index contributed by atoms with van der Waals surface area (Å²) in [5, 5.41) is 5.43. The van der Waals surface area contributed by atoms with Gasteiger partial charge in [0, 0.05) is 42.0 Å². The maximum absolute atomic E-state index is 13.3. The maximum atomic E-state index is 13.3. The van der Waals surface area contributed by atoms with Crippen molar-refractivity contribution in [3.63, 3.8) is 0 Å². The fraction of sp³-hybridized carbons (Fsp3) is 0.321. The SMILES string of the molecule is CCCNC(=O)[C@H](C)N(Cc1ccccc1Cl)C(=O)CCCN1C(=O)c2cccc3cccc1c23. The molecule has 6 nitrogen and oxygen atoms in total. The first-order chi connectivity index (χ1) is 16.9. The lowest BCUT2D eigenvalue weighted by Crippen LogP contribution is -2.47. The number of carbonyl (C=O) groups excluding carboxylic acids is 3. The molecule has 0 saturated carbocycles. The van der Waals surface area contributed by atoms with Gasteiger partial charge in [-0.1, -0.05) is 61.0 Å². The van der Waals surface area contributed by atoms with Crippen molar-refractivity contribution in [1.82, 2.24) is 10.2 Å². The Balaban J connectivity index is 1.46. The molecule has 0 fully saturated rings. The number of nitrogens with zero attached hydrogens (tertiary/aromatic N) is 2. The molecule has 35 heavy (non-hydrogen) atoms. The summed E-state index contributed by atoms with van der Waals surface area (Å²) >= 11 is 6.35. The van der Waals surface area contributed by atoms with Gasteiger partial charge in [-0.15, -0.1) is 0 Å². The summed E-state index contributed by atoms with van der Waals surface area (Å²) in [6.07, 6.45) is 1.51. The van der Waals surface area contributed by atoms with Crippen molar-refractivity contribution in [2.75, 3.05) is 18.0 Å². The topological polar surface area (TPSA) is 69.7 Å². The zero-order valence-corrected chi connectivity index (χ0v) is 20.8. The Morgan fingerprint density at radius 2 is 1.80 bits per heavy atom. The van der Waals surface area contributed by atoms with Crippen LogP contribution in [0.15, 0.2) is 60.7 Å². The number of rotatable bonds is 10. The lowest BCUT2D eigenvalue weighted by Gasteiger charge is -2.29. The van der Waals surface area contributed by atoms with Crippen molar-refractivity contribution in [3.05, 3.63) is 76.8 Å². The zero-order chi connectivity index (χ0) is 24.9. The molecule has 0 aromatic heterocycles. The summed E-state index contributed by atoms with van der Waals surface area (Å²) in [5.74, 6) is -0.375. The van der Waals surface area contributed by atoms with Crippen molar-refractivity contribution in [2.45, 2.75) is 45.7 Å². The van der Waals surface area contributed by atoms with Crippen LogP contribution in [0.3, 0.4) is 0 Å². The highest BCUT2D eigenvalue weighted by atomic mass is 35.5. The van der Waals surface area contributed by atoms with Gasteiger partial charge in [0.25, 0.3) is 5.91 Å². The van der Waals surface area contributed by atoms with Crippen molar-refractivity contribution in [3.8, 4) is 0 Å². The monoisotopic (exact) mass is 491 g/mol. The maximum Gasteiger partial charge on any atom is 0.258 e. The Kier molecular flexibility index (Phi) is 7.71. The summed E-state index contributed by atoms with van der Waals surface area (Å²) in [6, 6.07) is 18.3. The quantitative estimate of drug-likeness (QED) is 0.425. The summed E-state index contributed by atoms with van der Waals surface area (Å²) in [6.45, 7) is 4.94. The van der Waals surface area contributed by atoms with E-state index in [2.05, 4.69) is 5.32 Å². The molecule has 182 valence electrons. The van der Waals surface area contributed by atoms with Crippen molar-refractivity contribution >= 4 is 45.8 Å². The molecule has 7 heteroatoms. The molecule has 1 aliphatic heterocycles. The van der Waals surface area contributed by atoms with E-state index in [9.17, 15) is 14.4 Å². The predicted molar refractivity (Wildman–Crippen MR) is 140 cm³/mol. The summed E-state index contributed by atoms with van der Waals surface area (Å²) in [7, 11) is 0. The Hall–Kier alpha value is -3.38. The van der Waals surface area contributed by atoms with Crippen molar-refractivity contribution in [1.29, 1.82) is 0 Å². The fourth-order valence-corrected chi connectivity index (χ4v) is 4.72. The lowest BCUT2D eigenvalue weighted by atomic mass is 10.1. The summed E-state index contributed by atoms with van der Waals surface area (Å²) in [5.41, 5.74) is 2.37. The van der Waals surface area contributed by atoms with Gasteiger partial charge in [0.1, 0.15) is 6.04 Å². The van der Waals surface area contributed by atoms with Crippen LogP contribution in [0.4, 0.5) is 5.69 Å². The van der Waals surface area contributed by atoms with Crippen LogP contribution in [0.1, 0.15) is 49.0 Å². The average Bonchev–Trinajstić information content (AvgIpc) is 3.14. The smallest absolute Gasteiger partial charge is 0.258 e. The minimum atomic E-state index is -0.642. The number of amides is 3. The fourth-order valence-electron chi connectivity index (χ4n) is 4.52. The third kappa shape index (κ3) is 5.17. The molecule has 0 saturated heterocycles. The Morgan fingerprint density at radius 3 is 2.54 bits per heavy atom. The predicted octanol–water partition coefficient (Wildman–Crippen LogP) is 5.18. The number of benzene rings is 3. The van der Waals surface area contributed by atoms with Crippen LogP contribution in [0.25, 0.3) is 10.8 Å². The molecule has 1 aliphatic rings. The molecule has 0 bridgehead atoms. The van der Waals surface area contributed by atoms with E-state index in [1.165, 1.54) is 0 Å². The van der Waals surface area contributed by atoms with Crippen LogP contribution in [0.5, 0.6) is 0 Å². The molecular weight excluding hydrogens is 462 g/mol. The van der Waals surface area contributed by atoms with E-state index in [-0.39, 0.29) is 30.7 Å². The Morgan fingerprint density at radius 1 is 1.06 bits per heavy atom. The molecule has 0 unspecified atom stereocenters. The van der Waals surface area contributed by atoms with E-state index in [0.717, 1.165) is 28.4 Å². The van der Waals surface area contributed by atoms with E-state index in [0.29, 0.717) is 30.1 Å². The van der Waals surface area contributed by atoms with Gasteiger partial charge in [-0.25, -0.2) is 0 Å². The molecule has 3 aromatic rings. The third-order valence-electron chi connectivity index (χ3n) is 6.44. The second-order valence-corrected chi connectivity index (χ2v) is 9.23. The zero-order valence-electron chi connectivity index (χ0n) is 20.1. The minimum Gasteiger partial charge on any atom is -0.354 e. The highest BCUT2D eigenvalue weighted by Crippen LogP contribution is 2.37. The minimum absolute atomic E-state index is 0.0375. The number of nitrogens with one attached hydrogen (secondary N) is 1. The summed E-state index contributed by atoms with van der Waals surface area (Å²) < 4.78 is 0. The molecule has 3 aromatic carbocycles. The first-order valence-electron chi connectivity index (χ1n) is 12.1. The highest BCUT2D eigenvalue weighted by molar-refractivity contribution is 6.31. The second kappa shape index (κ2) is 10.9. The number of hydrogen-bond donors (Lipinski definition) is 1. The van der Waals surface area contributed by atoms with Gasteiger partial charge < -0.3 is 15.1 Å². The van der Waals surface area contributed by atoms with Crippen LogP contribution in [0.2, 0.25) is 5.02 Å². The number of carbonyl (C=O) groups is 3. The molecule has 0 radical (unpaired) electrons. The van der Waals surface area contributed by atoms with Gasteiger partial charge in [-0.2, -0.15) is 0 Å². The first kappa shape index (κ1) is 24.7. The molecule has 3 amide bonds. The highest BCUT2D eigenvalue weighted by Gasteiger charge is 2.30. The number of anilines is 1. The largest absolute Gasteiger partial charge is 0.354 e. The number of halogens is 1. The van der Waals surface area contributed by atoms with Gasteiger partial charge in [-0.3, -0.25) is 14.4 Å². The molecule has 1 N–H and O–H groups in total. The van der Waals surface area contributed by atoms with E-state index in [1.54, 1.807) is 22.8 Å². The lowest BCUT2D eigenvalue weighted by molar-refractivity contribution is -0.140. The van der Waals surface area contributed by atoms with E-state index >= 15 is 0 Å². The molecular formula is C28H30ClN3O3. The first-order valence-corrected chi connectivity index (χ1v) is 12.4. The van der Waals surface area contributed by atoms with Gasteiger partial charge >= 0.3 is 0 Å². The van der Waals surface area contributed by atoms with Crippen LogP contribution in [-0.2, 0) is 16.1 Å².